The average Bonchev–Trinajstić information content (AvgIpc) is 3.43. The summed E-state index contributed by atoms with van der Waals surface area (Å²) in [6, 6.07) is 6.96. The van der Waals surface area contributed by atoms with Crippen LogP contribution in [0.4, 0.5) is 5.13 Å². The molecule has 2 fully saturated rings. The normalized spacial score (nSPS) is 18.0. The van der Waals surface area contributed by atoms with Crippen LogP contribution in [0.2, 0.25) is 0 Å². The maximum Gasteiger partial charge on any atom is 0.339 e. The largest absolute Gasteiger partial charge is 0.449 e. The average molecular weight is 498 g/mol. The number of hydrogen-bond acceptors (Lipinski definition) is 6. The first-order valence-electron chi connectivity index (χ1n) is 12.8. The van der Waals surface area contributed by atoms with Crippen molar-refractivity contribution in [2.75, 3.05) is 11.9 Å². The Kier molecular flexibility index (Phi) is 8.55. The number of benzene rings is 1. The highest BCUT2D eigenvalue weighted by molar-refractivity contribution is 7.13. The van der Waals surface area contributed by atoms with Gasteiger partial charge in [-0.3, -0.25) is 14.5 Å². The molecule has 1 atom stereocenters. The molecule has 7 nitrogen and oxygen atoms in total. The summed E-state index contributed by atoms with van der Waals surface area (Å²) in [6.45, 7) is 1.60. The monoisotopic (exact) mass is 497 g/mol. The maximum absolute atomic E-state index is 13.5. The number of anilines is 1. The third-order valence-corrected chi connectivity index (χ3v) is 8.03. The van der Waals surface area contributed by atoms with E-state index in [4.69, 9.17) is 4.74 Å². The molecule has 2 aromatic rings. The van der Waals surface area contributed by atoms with Crippen molar-refractivity contribution >= 4 is 34.3 Å². The number of carbonyl (C=O) groups is 3. The van der Waals surface area contributed by atoms with Gasteiger partial charge in [0.25, 0.3) is 11.8 Å². The molecule has 1 aromatic carbocycles. The highest BCUT2D eigenvalue weighted by atomic mass is 32.1. The zero-order valence-electron chi connectivity index (χ0n) is 20.7. The number of hydrogen-bond donors (Lipinski definition) is 0. The van der Waals surface area contributed by atoms with Crippen LogP contribution in [-0.2, 0) is 9.53 Å². The van der Waals surface area contributed by atoms with Crippen LogP contribution in [0.15, 0.2) is 35.8 Å². The number of thiazole rings is 1. The van der Waals surface area contributed by atoms with E-state index in [1.54, 1.807) is 47.2 Å². The zero-order chi connectivity index (χ0) is 24.8. The van der Waals surface area contributed by atoms with Crippen molar-refractivity contribution in [1.29, 1.82) is 0 Å². The Labute approximate surface area is 211 Å². The van der Waals surface area contributed by atoms with Crippen LogP contribution in [-0.4, -0.2) is 52.9 Å². The predicted octanol–water partition coefficient (Wildman–Crippen LogP) is 5.46. The molecule has 2 saturated carbocycles. The Morgan fingerprint density at radius 1 is 0.943 bits per heavy atom. The molecule has 35 heavy (non-hydrogen) atoms. The Bertz CT molecular complexity index is 1010. The van der Waals surface area contributed by atoms with Crippen LogP contribution in [0.3, 0.4) is 0 Å². The van der Waals surface area contributed by atoms with Gasteiger partial charge in [0.1, 0.15) is 0 Å². The van der Waals surface area contributed by atoms with E-state index in [0.717, 1.165) is 51.4 Å². The lowest BCUT2D eigenvalue weighted by Gasteiger charge is -2.34. The van der Waals surface area contributed by atoms with Crippen molar-refractivity contribution < 1.29 is 19.1 Å². The molecule has 1 unspecified atom stereocenters. The Hall–Kier alpha value is -2.74. The van der Waals surface area contributed by atoms with E-state index < -0.39 is 12.1 Å². The van der Waals surface area contributed by atoms with Gasteiger partial charge < -0.3 is 9.64 Å². The van der Waals surface area contributed by atoms with Crippen LogP contribution in [0.25, 0.3) is 0 Å². The van der Waals surface area contributed by atoms with Crippen molar-refractivity contribution in [3.63, 3.8) is 0 Å². The van der Waals surface area contributed by atoms with Gasteiger partial charge in [-0.05, 0) is 44.7 Å². The summed E-state index contributed by atoms with van der Waals surface area (Å²) in [4.78, 5) is 47.8. The van der Waals surface area contributed by atoms with Crippen LogP contribution in [0.1, 0.15) is 91.8 Å². The Morgan fingerprint density at radius 2 is 1.54 bits per heavy atom. The third kappa shape index (κ3) is 5.92. The van der Waals surface area contributed by atoms with Crippen molar-refractivity contribution in [2.24, 2.45) is 0 Å². The predicted molar refractivity (Wildman–Crippen MR) is 137 cm³/mol. The molecule has 1 heterocycles. The highest BCUT2D eigenvalue weighted by Crippen LogP contribution is 2.30. The third-order valence-electron chi connectivity index (χ3n) is 7.25. The second-order valence-corrected chi connectivity index (χ2v) is 10.5. The zero-order valence-corrected chi connectivity index (χ0v) is 21.5. The van der Waals surface area contributed by atoms with Gasteiger partial charge in [-0.15, -0.1) is 11.3 Å². The number of nitrogens with zero attached hydrogens (tertiary/aromatic N) is 3. The van der Waals surface area contributed by atoms with Gasteiger partial charge >= 0.3 is 5.97 Å². The lowest BCUT2D eigenvalue weighted by molar-refractivity contribution is -0.127. The number of esters is 1. The molecular weight excluding hydrogens is 462 g/mol. The summed E-state index contributed by atoms with van der Waals surface area (Å²) in [5, 5.41) is 2.48. The number of ether oxygens (including phenoxy) is 1. The van der Waals surface area contributed by atoms with Gasteiger partial charge in [-0.25, -0.2) is 9.78 Å². The summed E-state index contributed by atoms with van der Waals surface area (Å²) < 4.78 is 5.66. The topological polar surface area (TPSA) is 79.8 Å². The fourth-order valence-electron chi connectivity index (χ4n) is 5.25. The first-order chi connectivity index (χ1) is 17.0. The lowest BCUT2D eigenvalue weighted by Crippen LogP contribution is -2.47. The smallest absolute Gasteiger partial charge is 0.339 e. The summed E-state index contributed by atoms with van der Waals surface area (Å²) in [7, 11) is 1.81. The summed E-state index contributed by atoms with van der Waals surface area (Å²) in [5.41, 5.74) is 0.507. The number of aromatic nitrogens is 1. The lowest BCUT2D eigenvalue weighted by atomic mass is 9.93. The highest BCUT2D eigenvalue weighted by Gasteiger charge is 2.34. The van der Waals surface area contributed by atoms with Crippen LogP contribution >= 0.6 is 11.3 Å². The minimum absolute atomic E-state index is 0.0570. The molecule has 0 saturated heterocycles. The number of rotatable bonds is 7. The molecule has 0 radical (unpaired) electrons. The van der Waals surface area contributed by atoms with E-state index >= 15 is 0 Å². The van der Waals surface area contributed by atoms with E-state index in [-0.39, 0.29) is 29.5 Å². The van der Waals surface area contributed by atoms with E-state index in [1.165, 1.54) is 24.2 Å². The molecule has 1 aromatic heterocycles. The summed E-state index contributed by atoms with van der Waals surface area (Å²) in [6.07, 6.45) is 11.2. The van der Waals surface area contributed by atoms with Crippen molar-refractivity contribution in [3.8, 4) is 0 Å². The van der Waals surface area contributed by atoms with Crippen LogP contribution < -0.4 is 4.90 Å². The van der Waals surface area contributed by atoms with Gasteiger partial charge in [0.05, 0.1) is 11.1 Å². The van der Waals surface area contributed by atoms with Gasteiger partial charge in [-0.2, -0.15) is 0 Å². The molecule has 4 rings (SSSR count). The van der Waals surface area contributed by atoms with E-state index in [2.05, 4.69) is 4.98 Å². The molecule has 0 N–H and O–H groups in total. The van der Waals surface area contributed by atoms with Gasteiger partial charge in [0.2, 0.25) is 0 Å². The van der Waals surface area contributed by atoms with Crippen LogP contribution in [0.5, 0.6) is 0 Å². The standard InChI is InChI=1S/C27H35N3O4S/c1-19(24(31)30(27-28-17-18-35-27)21-13-7-4-8-14-21)34-26(33)23-16-10-9-15-22(23)25(32)29(2)20-11-5-3-6-12-20/h9-10,15-21H,3-8,11-14H2,1-2H3. The van der Waals surface area contributed by atoms with Gasteiger partial charge in [0.15, 0.2) is 11.2 Å². The van der Waals surface area contributed by atoms with Crippen molar-refractivity contribution in [3.05, 3.63) is 47.0 Å². The maximum atomic E-state index is 13.5. The number of amides is 2. The quantitative estimate of drug-likeness (QED) is 0.475. The summed E-state index contributed by atoms with van der Waals surface area (Å²) >= 11 is 1.41. The van der Waals surface area contributed by atoms with Crippen molar-refractivity contribution in [2.45, 2.75) is 89.3 Å². The molecule has 2 aliphatic rings. The van der Waals surface area contributed by atoms with E-state index in [1.807, 2.05) is 12.4 Å². The van der Waals surface area contributed by atoms with Crippen molar-refractivity contribution in [1.82, 2.24) is 9.88 Å². The van der Waals surface area contributed by atoms with Crippen LogP contribution in [0, 0.1) is 0 Å². The second kappa shape index (κ2) is 11.8. The molecule has 2 aliphatic carbocycles. The fraction of sp³-hybridized carbons (Fsp3) is 0.556. The van der Waals surface area contributed by atoms with Gasteiger partial charge in [0, 0.05) is 30.7 Å². The first-order valence-corrected chi connectivity index (χ1v) is 13.6. The SMILES string of the molecule is CC(OC(=O)c1ccccc1C(=O)N(C)C1CCCCC1)C(=O)N(c1nccs1)C1CCCCC1. The molecule has 0 spiro atoms. The fourth-order valence-corrected chi connectivity index (χ4v) is 5.96. The minimum atomic E-state index is -0.993. The molecule has 0 bridgehead atoms. The second-order valence-electron chi connectivity index (χ2n) is 9.62. The minimum Gasteiger partial charge on any atom is -0.449 e. The Morgan fingerprint density at radius 3 is 2.14 bits per heavy atom. The van der Waals surface area contributed by atoms with E-state index in [0.29, 0.717) is 10.7 Å². The molecule has 2 amide bonds. The number of carbonyl (C=O) groups excluding carboxylic acids is 3. The van der Waals surface area contributed by atoms with Gasteiger partial charge in [-0.1, -0.05) is 50.7 Å². The summed E-state index contributed by atoms with van der Waals surface area (Å²) in [5.74, 6) is -1.12. The molecular formula is C27H35N3O4S. The molecule has 188 valence electrons. The first kappa shape index (κ1) is 25.4. The molecule has 0 aliphatic heterocycles. The van der Waals surface area contributed by atoms with E-state index in [9.17, 15) is 14.4 Å². The molecule has 8 heteroatoms. The Balaban J connectivity index is 1.49.